The number of rotatable bonds is 9. The third kappa shape index (κ3) is 6.49. The van der Waals surface area contributed by atoms with Gasteiger partial charge in [0.1, 0.15) is 11.6 Å². The summed E-state index contributed by atoms with van der Waals surface area (Å²) < 4.78 is 0. The van der Waals surface area contributed by atoms with Gasteiger partial charge in [-0.2, -0.15) is 0 Å². The Kier molecular flexibility index (Phi) is 7.90. The van der Waals surface area contributed by atoms with Gasteiger partial charge >= 0.3 is 0 Å². The number of carbonyl (C=O) groups is 1. The van der Waals surface area contributed by atoms with E-state index >= 15 is 0 Å². The Labute approximate surface area is 234 Å². The number of hydrogen-bond acceptors (Lipinski definition) is 6. The Morgan fingerprint density at radius 1 is 0.897 bits per heavy atom. The minimum Gasteiger partial charge on any atom is -0.347 e. The van der Waals surface area contributed by atoms with Crippen LogP contribution in [0.2, 0.25) is 0 Å². The van der Waals surface area contributed by atoms with E-state index in [4.69, 9.17) is 0 Å². The fourth-order valence-electron chi connectivity index (χ4n) is 6.19. The normalized spacial score (nSPS) is 17.9. The average Bonchev–Trinajstić information content (AvgIpc) is 3.75. The van der Waals surface area contributed by atoms with E-state index in [0.717, 1.165) is 31.3 Å². The molecule has 0 aliphatic carbocycles. The van der Waals surface area contributed by atoms with Crippen LogP contribution in [0, 0.1) is 5.41 Å². The SMILES string of the molecule is O=C(c1ccc(CN2CCCC3(CCN(Cc4cccs4)CC3)C2)cc1)N(Cc1ncc[nH]1)Cc1ncc[nH]1. The topological polar surface area (TPSA) is 84.2 Å². The van der Waals surface area contributed by atoms with Crippen LogP contribution in [0.15, 0.2) is 66.6 Å². The van der Waals surface area contributed by atoms with Gasteiger partial charge in [-0.05, 0) is 79.9 Å². The van der Waals surface area contributed by atoms with E-state index in [9.17, 15) is 4.79 Å². The average molecular weight is 544 g/mol. The predicted octanol–water partition coefficient (Wildman–Crippen LogP) is 4.92. The lowest BCUT2D eigenvalue weighted by molar-refractivity contribution is 0.0188. The second-order valence-corrected chi connectivity index (χ2v) is 12.1. The van der Waals surface area contributed by atoms with Crippen molar-refractivity contribution >= 4 is 17.2 Å². The highest BCUT2D eigenvalue weighted by Gasteiger charge is 2.38. The number of hydrogen-bond donors (Lipinski definition) is 2. The summed E-state index contributed by atoms with van der Waals surface area (Å²) in [6.45, 7) is 7.58. The smallest absolute Gasteiger partial charge is 0.254 e. The lowest BCUT2D eigenvalue weighted by atomic mass is 9.72. The van der Waals surface area contributed by atoms with Crippen molar-refractivity contribution in [2.45, 2.75) is 51.9 Å². The molecule has 204 valence electrons. The van der Waals surface area contributed by atoms with Crippen LogP contribution < -0.4 is 0 Å². The van der Waals surface area contributed by atoms with Gasteiger partial charge in [0.2, 0.25) is 0 Å². The van der Waals surface area contributed by atoms with Gasteiger partial charge in [-0.15, -0.1) is 11.3 Å². The molecule has 0 atom stereocenters. The first-order chi connectivity index (χ1) is 19.1. The summed E-state index contributed by atoms with van der Waals surface area (Å²) in [5, 5.41) is 2.18. The molecule has 3 aromatic heterocycles. The van der Waals surface area contributed by atoms with Crippen molar-refractivity contribution in [3.8, 4) is 0 Å². The molecule has 39 heavy (non-hydrogen) atoms. The maximum absolute atomic E-state index is 13.5. The molecule has 1 amide bonds. The van der Waals surface area contributed by atoms with E-state index in [-0.39, 0.29) is 5.91 Å². The lowest BCUT2D eigenvalue weighted by Crippen LogP contribution is -2.49. The third-order valence-corrected chi connectivity index (χ3v) is 9.16. The number of amides is 1. The molecule has 5 heterocycles. The number of nitrogens with zero attached hydrogens (tertiary/aromatic N) is 5. The van der Waals surface area contributed by atoms with Gasteiger partial charge in [0, 0.05) is 54.9 Å². The Morgan fingerprint density at radius 2 is 1.62 bits per heavy atom. The summed E-state index contributed by atoms with van der Waals surface area (Å²) in [5.41, 5.74) is 2.41. The van der Waals surface area contributed by atoms with Gasteiger partial charge in [0.05, 0.1) is 13.1 Å². The van der Waals surface area contributed by atoms with Crippen molar-refractivity contribution in [1.82, 2.24) is 34.6 Å². The number of nitrogens with one attached hydrogen (secondary N) is 2. The number of carbonyl (C=O) groups excluding carboxylic acids is 1. The zero-order valence-electron chi connectivity index (χ0n) is 22.4. The van der Waals surface area contributed by atoms with E-state index in [2.05, 4.69) is 59.4 Å². The highest BCUT2D eigenvalue weighted by molar-refractivity contribution is 7.09. The lowest BCUT2D eigenvalue weighted by Gasteiger charge is -2.47. The Morgan fingerprint density at radius 3 is 2.23 bits per heavy atom. The van der Waals surface area contributed by atoms with Crippen molar-refractivity contribution in [2.75, 3.05) is 26.2 Å². The first kappa shape index (κ1) is 26.0. The number of piperidine rings is 2. The van der Waals surface area contributed by atoms with Crippen LogP contribution in [0.1, 0.15) is 58.1 Å². The Hall–Kier alpha value is -3.27. The fraction of sp³-hybridized carbons (Fsp3) is 0.433. The molecule has 2 aliphatic heterocycles. The molecular weight excluding hydrogens is 506 g/mol. The van der Waals surface area contributed by atoms with E-state index in [1.165, 1.54) is 55.8 Å². The first-order valence-electron chi connectivity index (χ1n) is 14.0. The standard InChI is InChI=1S/C30H37N7OS/c38-29(37(21-27-31-11-12-32-27)22-28-33-13-14-34-28)25-6-4-24(5-7-25)19-36-15-2-8-30(23-36)9-16-35(17-10-30)20-26-3-1-18-39-26/h1,3-7,11-14,18H,2,8-10,15-17,19-23H2,(H,31,32)(H,33,34). The van der Waals surface area contributed by atoms with Gasteiger partial charge in [0.25, 0.3) is 5.91 Å². The molecule has 2 N–H and O–H groups in total. The van der Waals surface area contributed by atoms with Crippen LogP contribution in [0.25, 0.3) is 0 Å². The second-order valence-electron chi connectivity index (χ2n) is 11.1. The van der Waals surface area contributed by atoms with Gasteiger partial charge < -0.3 is 14.9 Å². The number of likely N-dealkylation sites (tertiary alicyclic amines) is 2. The number of thiophene rings is 1. The zero-order chi connectivity index (χ0) is 26.5. The fourth-order valence-corrected chi connectivity index (χ4v) is 6.93. The van der Waals surface area contributed by atoms with Crippen LogP contribution >= 0.6 is 11.3 Å². The number of aromatic nitrogens is 4. The molecule has 1 aromatic carbocycles. The summed E-state index contributed by atoms with van der Waals surface area (Å²) in [5.74, 6) is 1.48. The molecule has 2 saturated heterocycles. The highest BCUT2D eigenvalue weighted by Crippen LogP contribution is 2.40. The van der Waals surface area contributed by atoms with Gasteiger partial charge in [-0.25, -0.2) is 9.97 Å². The number of aromatic amines is 2. The maximum Gasteiger partial charge on any atom is 0.254 e. The molecule has 4 aromatic rings. The van der Waals surface area contributed by atoms with E-state index < -0.39 is 0 Å². The minimum absolute atomic E-state index is 0.0272. The Bertz CT molecular complexity index is 1260. The Balaban J connectivity index is 1.05. The highest BCUT2D eigenvalue weighted by atomic mass is 32.1. The summed E-state index contributed by atoms with van der Waals surface area (Å²) >= 11 is 1.87. The molecule has 0 radical (unpaired) electrons. The summed E-state index contributed by atoms with van der Waals surface area (Å²) in [4.78, 5) is 36.8. The van der Waals surface area contributed by atoms with Gasteiger partial charge in [-0.3, -0.25) is 14.6 Å². The monoisotopic (exact) mass is 543 g/mol. The van der Waals surface area contributed by atoms with Gasteiger partial charge in [-0.1, -0.05) is 18.2 Å². The third-order valence-electron chi connectivity index (χ3n) is 8.30. The molecule has 1 spiro atoms. The van der Waals surface area contributed by atoms with Crippen LogP contribution in [0.3, 0.4) is 0 Å². The number of benzene rings is 1. The van der Waals surface area contributed by atoms with Gasteiger partial charge in [0.15, 0.2) is 0 Å². The van der Waals surface area contributed by atoms with E-state index in [1.807, 2.05) is 23.5 Å². The molecule has 2 aliphatic rings. The van der Waals surface area contributed by atoms with Crippen molar-refractivity contribution in [3.05, 3.63) is 94.2 Å². The maximum atomic E-state index is 13.5. The molecule has 0 unspecified atom stereocenters. The first-order valence-corrected chi connectivity index (χ1v) is 14.8. The van der Waals surface area contributed by atoms with Crippen molar-refractivity contribution in [1.29, 1.82) is 0 Å². The second kappa shape index (κ2) is 11.9. The largest absolute Gasteiger partial charge is 0.347 e. The summed E-state index contributed by atoms with van der Waals surface area (Å²) in [6, 6.07) is 12.6. The van der Waals surface area contributed by atoms with Crippen LogP contribution in [0.5, 0.6) is 0 Å². The quantitative estimate of drug-likeness (QED) is 0.313. The molecule has 6 rings (SSSR count). The number of H-pyrrole nitrogens is 2. The molecule has 8 nitrogen and oxygen atoms in total. The summed E-state index contributed by atoms with van der Waals surface area (Å²) in [6.07, 6.45) is 12.2. The molecule has 0 saturated carbocycles. The van der Waals surface area contributed by atoms with Crippen LogP contribution in [-0.2, 0) is 26.2 Å². The van der Waals surface area contributed by atoms with Crippen molar-refractivity contribution in [2.24, 2.45) is 5.41 Å². The minimum atomic E-state index is -0.0272. The predicted molar refractivity (Wildman–Crippen MR) is 153 cm³/mol. The van der Waals surface area contributed by atoms with E-state index in [1.54, 1.807) is 29.7 Å². The van der Waals surface area contributed by atoms with Crippen molar-refractivity contribution < 1.29 is 4.79 Å². The zero-order valence-corrected chi connectivity index (χ0v) is 23.2. The molecule has 2 fully saturated rings. The molecular formula is C30H37N7OS. The van der Waals surface area contributed by atoms with Crippen LogP contribution in [-0.4, -0.2) is 66.7 Å². The molecule has 9 heteroatoms. The van der Waals surface area contributed by atoms with Crippen molar-refractivity contribution in [3.63, 3.8) is 0 Å². The molecule has 0 bridgehead atoms. The summed E-state index contributed by atoms with van der Waals surface area (Å²) in [7, 11) is 0. The number of imidazole rings is 2. The van der Waals surface area contributed by atoms with Crippen LogP contribution in [0.4, 0.5) is 0 Å². The van der Waals surface area contributed by atoms with E-state index in [0.29, 0.717) is 24.1 Å².